The Labute approximate surface area is 183 Å². The Morgan fingerprint density at radius 2 is 1.81 bits per heavy atom. The number of carboxylic acid groups (broad SMARTS) is 2. The number of aromatic nitrogens is 2. The number of anilines is 1. The van der Waals surface area contributed by atoms with Gasteiger partial charge in [-0.3, -0.25) is 9.69 Å². The summed E-state index contributed by atoms with van der Waals surface area (Å²) in [6.07, 6.45) is 1.57. The van der Waals surface area contributed by atoms with Crippen molar-refractivity contribution in [2.75, 3.05) is 25.0 Å². The minimum absolute atomic E-state index is 0.0393. The van der Waals surface area contributed by atoms with Crippen molar-refractivity contribution in [1.29, 1.82) is 0 Å². The second-order valence-electron chi connectivity index (χ2n) is 6.49. The van der Waals surface area contributed by atoms with Gasteiger partial charge >= 0.3 is 11.9 Å². The molecule has 0 aliphatic carbocycles. The van der Waals surface area contributed by atoms with Crippen LogP contribution in [0.15, 0.2) is 56.1 Å². The number of hydrogen-bond acceptors (Lipinski definition) is 8. The fraction of sp³-hybridized carbons (Fsp3) is 0.211. The highest BCUT2D eigenvalue weighted by atomic mass is 79.9. The highest BCUT2D eigenvalue weighted by Gasteiger charge is 2.33. The molecule has 3 N–H and O–H groups in total. The number of nitrogens with one attached hydrogen (secondary N) is 1. The molecule has 3 heterocycles. The van der Waals surface area contributed by atoms with E-state index in [2.05, 4.69) is 31.4 Å². The van der Waals surface area contributed by atoms with E-state index in [1.807, 2.05) is 29.2 Å². The second kappa shape index (κ2) is 10.00. The lowest BCUT2D eigenvalue weighted by molar-refractivity contribution is -0.159. The molecule has 0 atom stereocenters. The van der Waals surface area contributed by atoms with Crippen molar-refractivity contribution in [3.63, 3.8) is 0 Å². The van der Waals surface area contributed by atoms with Crippen LogP contribution in [-0.4, -0.2) is 62.7 Å². The zero-order chi connectivity index (χ0) is 22.4. The van der Waals surface area contributed by atoms with Gasteiger partial charge in [0.15, 0.2) is 5.76 Å². The number of amides is 1. The van der Waals surface area contributed by atoms with Gasteiger partial charge < -0.3 is 24.5 Å². The van der Waals surface area contributed by atoms with Crippen LogP contribution in [0.1, 0.15) is 11.8 Å². The summed E-state index contributed by atoms with van der Waals surface area (Å²) in [5.74, 6) is -1.92. The van der Waals surface area contributed by atoms with Gasteiger partial charge in [-0.2, -0.15) is 4.98 Å². The molecule has 0 unspecified atom stereocenters. The first-order valence-electron chi connectivity index (χ1n) is 8.93. The van der Waals surface area contributed by atoms with Crippen molar-refractivity contribution in [3.05, 3.63) is 53.0 Å². The van der Waals surface area contributed by atoms with Crippen LogP contribution in [0, 0.1) is 0 Å². The molecule has 0 saturated carbocycles. The van der Waals surface area contributed by atoms with Crippen molar-refractivity contribution >= 4 is 39.5 Å². The summed E-state index contributed by atoms with van der Waals surface area (Å²) in [7, 11) is 0. The highest BCUT2D eigenvalue weighted by Crippen LogP contribution is 2.27. The Kier molecular flexibility index (Phi) is 7.15. The van der Waals surface area contributed by atoms with E-state index in [1.165, 1.54) is 0 Å². The van der Waals surface area contributed by atoms with Gasteiger partial charge in [-0.05, 0) is 36.4 Å². The molecule has 0 radical (unpaired) electrons. The molecule has 162 valence electrons. The van der Waals surface area contributed by atoms with Crippen LogP contribution >= 0.6 is 15.9 Å². The first-order chi connectivity index (χ1) is 14.8. The molecular weight excluding hydrogens is 476 g/mol. The molecule has 4 rings (SSSR count). The normalized spacial score (nSPS) is 13.6. The van der Waals surface area contributed by atoms with Crippen LogP contribution in [0.5, 0.6) is 0 Å². The van der Waals surface area contributed by atoms with Crippen LogP contribution < -0.4 is 5.32 Å². The Hall–Kier alpha value is -3.51. The third-order valence-electron chi connectivity index (χ3n) is 4.17. The molecule has 3 aromatic rings. The number of nitrogens with zero attached hydrogens (tertiary/aromatic N) is 3. The van der Waals surface area contributed by atoms with Crippen LogP contribution in [0.3, 0.4) is 0 Å². The van der Waals surface area contributed by atoms with Crippen LogP contribution in [-0.2, 0) is 14.4 Å². The van der Waals surface area contributed by atoms with Gasteiger partial charge in [-0.25, -0.2) is 9.59 Å². The molecule has 11 nitrogen and oxygen atoms in total. The summed E-state index contributed by atoms with van der Waals surface area (Å²) in [6, 6.07) is 11.1. The number of aliphatic carboxylic acids is 2. The average molecular weight is 493 g/mol. The molecule has 31 heavy (non-hydrogen) atoms. The molecule has 1 aromatic carbocycles. The molecule has 1 aliphatic rings. The minimum Gasteiger partial charge on any atom is -0.473 e. The Morgan fingerprint density at radius 1 is 1.13 bits per heavy atom. The molecule has 0 spiro atoms. The number of carbonyl (C=O) groups is 3. The van der Waals surface area contributed by atoms with E-state index in [9.17, 15) is 4.79 Å². The largest absolute Gasteiger partial charge is 0.473 e. The summed E-state index contributed by atoms with van der Waals surface area (Å²) in [4.78, 5) is 36.7. The third kappa shape index (κ3) is 6.23. The van der Waals surface area contributed by atoms with Crippen molar-refractivity contribution in [2.45, 2.75) is 5.92 Å². The SMILES string of the molecule is O=C(CN1CC(c2nc(-c3ccco3)no2)C1)Nc1ccc(Br)cc1.O=C(O)C(=O)O. The molecule has 1 amide bonds. The van der Waals surface area contributed by atoms with Gasteiger partial charge in [0, 0.05) is 23.2 Å². The van der Waals surface area contributed by atoms with Crippen molar-refractivity contribution in [1.82, 2.24) is 15.0 Å². The van der Waals surface area contributed by atoms with Crippen molar-refractivity contribution in [3.8, 4) is 11.6 Å². The summed E-state index contributed by atoms with van der Waals surface area (Å²) in [5, 5.41) is 21.6. The summed E-state index contributed by atoms with van der Waals surface area (Å²) in [5.41, 5.74) is 0.783. The summed E-state index contributed by atoms with van der Waals surface area (Å²) < 4.78 is 11.5. The van der Waals surface area contributed by atoms with Gasteiger partial charge in [-0.1, -0.05) is 21.1 Å². The van der Waals surface area contributed by atoms with E-state index in [-0.39, 0.29) is 11.8 Å². The van der Waals surface area contributed by atoms with E-state index < -0.39 is 11.9 Å². The zero-order valence-corrected chi connectivity index (χ0v) is 17.5. The first-order valence-corrected chi connectivity index (χ1v) is 9.72. The standard InChI is InChI=1S/C17H15BrN4O3.C2H2O4/c18-12-3-5-13(6-4-12)19-15(23)10-22-8-11(9-22)17-20-16(21-25-17)14-2-1-7-24-14;3-1(4)2(5)6/h1-7,11H,8-10H2,(H,19,23);(H,3,4)(H,5,6). The summed E-state index contributed by atoms with van der Waals surface area (Å²) >= 11 is 3.37. The lowest BCUT2D eigenvalue weighted by Gasteiger charge is -2.36. The van der Waals surface area contributed by atoms with Gasteiger partial charge in [-0.15, -0.1) is 0 Å². The van der Waals surface area contributed by atoms with Gasteiger partial charge in [0.25, 0.3) is 0 Å². The van der Waals surface area contributed by atoms with Crippen LogP contribution in [0.4, 0.5) is 5.69 Å². The monoisotopic (exact) mass is 492 g/mol. The maximum atomic E-state index is 12.1. The molecule has 12 heteroatoms. The predicted molar refractivity (Wildman–Crippen MR) is 109 cm³/mol. The quantitative estimate of drug-likeness (QED) is 0.450. The maximum Gasteiger partial charge on any atom is 0.414 e. The third-order valence-corrected chi connectivity index (χ3v) is 4.70. The van der Waals surface area contributed by atoms with Gasteiger partial charge in [0.1, 0.15) is 0 Å². The fourth-order valence-corrected chi connectivity index (χ4v) is 2.96. The smallest absolute Gasteiger partial charge is 0.414 e. The van der Waals surface area contributed by atoms with E-state index >= 15 is 0 Å². The Balaban J connectivity index is 0.000000401. The maximum absolute atomic E-state index is 12.1. The van der Waals surface area contributed by atoms with Crippen molar-refractivity contribution < 1.29 is 33.5 Å². The molecule has 1 aliphatic heterocycles. The second-order valence-corrected chi connectivity index (χ2v) is 7.41. The zero-order valence-electron chi connectivity index (χ0n) is 15.9. The van der Waals surface area contributed by atoms with E-state index in [1.54, 1.807) is 18.4 Å². The van der Waals surface area contributed by atoms with Crippen LogP contribution in [0.25, 0.3) is 11.6 Å². The van der Waals surface area contributed by atoms with Crippen LogP contribution in [0.2, 0.25) is 0 Å². The van der Waals surface area contributed by atoms with E-state index in [0.29, 0.717) is 37.1 Å². The number of halogens is 1. The Morgan fingerprint density at radius 3 is 2.39 bits per heavy atom. The topological polar surface area (TPSA) is 159 Å². The summed E-state index contributed by atoms with van der Waals surface area (Å²) in [6.45, 7) is 1.77. The lowest BCUT2D eigenvalue weighted by atomic mass is 10.0. The molecule has 2 aromatic heterocycles. The minimum atomic E-state index is -1.82. The highest BCUT2D eigenvalue weighted by molar-refractivity contribution is 9.10. The average Bonchev–Trinajstić information content (AvgIpc) is 3.38. The first kappa shape index (κ1) is 22.2. The number of benzene rings is 1. The Bertz CT molecular complexity index is 1030. The molecule has 1 saturated heterocycles. The number of furan rings is 1. The number of rotatable bonds is 5. The molecular formula is C19H17BrN4O7. The number of carbonyl (C=O) groups excluding carboxylic acids is 1. The van der Waals surface area contributed by atoms with E-state index in [0.717, 1.165) is 10.2 Å². The lowest BCUT2D eigenvalue weighted by Crippen LogP contribution is -2.48. The fourth-order valence-electron chi connectivity index (χ4n) is 2.70. The molecule has 1 fully saturated rings. The molecule has 0 bridgehead atoms. The van der Waals surface area contributed by atoms with E-state index in [4.69, 9.17) is 28.7 Å². The predicted octanol–water partition coefficient (Wildman–Crippen LogP) is 2.29. The number of carboxylic acids is 2. The number of hydrogen-bond donors (Lipinski definition) is 3. The van der Waals surface area contributed by atoms with Gasteiger partial charge in [0.05, 0.1) is 18.7 Å². The van der Waals surface area contributed by atoms with Crippen molar-refractivity contribution in [2.24, 2.45) is 0 Å². The number of likely N-dealkylation sites (tertiary alicyclic amines) is 1. The van der Waals surface area contributed by atoms with Gasteiger partial charge in [0.2, 0.25) is 17.6 Å².